The normalized spacial score (nSPS) is 10.7. The van der Waals surface area contributed by atoms with Crippen molar-refractivity contribution >= 4 is 5.69 Å². The SMILES string of the molecule is Cc1noc(C)c1CNc1ccccc1-n1ccnc1. The summed E-state index contributed by atoms with van der Waals surface area (Å²) >= 11 is 0. The third kappa shape index (κ3) is 2.30. The number of anilines is 1. The Kier molecular flexibility index (Phi) is 3.25. The highest BCUT2D eigenvalue weighted by atomic mass is 16.5. The standard InChI is InChI=1S/C15H16N4O/c1-11-13(12(2)20-18-11)9-17-14-5-3-4-6-15(14)19-8-7-16-10-19/h3-8,10,17H,9H2,1-2H3. The Morgan fingerprint density at radius 3 is 2.80 bits per heavy atom. The molecule has 0 aliphatic carbocycles. The zero-order valence-electron chi connectivity index (χ0n) is 11.5. The van der Waals surface area contributed by atoms with Crippen LogP contribution in [0.2, 0.25) is 0 Å². The highest BCUT2D eigenvalue weighted by Gasteiger charge is 2.09. The van der Waals surface area contributed by atoms with Crippen molar-refractivity contribution in [2.24, 2.45) is 0 Å². The van der Waals surface area contributed by atoms with Crippen molar-refractivity contribution in [1.29, 1.82) is 0 Å². The van der Waals surface area contributed by atoms with Crippen molar-refractivity contribution < 1.29 is 4.52 Å². The van der Waals surface area contributed by atoms with Gasteiger partial charge in [0.1, 0.15) is 5.76 Å². The van der Waals surface area contributed by atoms with Gasteiger partial charge in [-0.15, -0.1) is 0 Å². The highest BCUT2D eigenvalue weighted by molar-refractivity contribution is 5.61. The van der Waals surface area contributed by atoms with Crippen LogP contribution in [-0.2, 0) is 6.54 Å². The Labute approximate surface area is 117 Å². The van der Waals surface area contributed by atoms with Crippen LogP contribution in [0.5, 0.6) is 0 Å². The number of hydrogen-bond acceptors (Lipinski definition) is 4. The molecule has 0 saturated carbocycles. The zero-order chi connectivity index (χ0) is 13.9. The molecule has 1 N–H and O–H groups in total. The number of imidazole rings is 1. The van der Waals surface area contributed by atoms with Gasteiger partial charge in [0.15, 0.2) is 0 Å². The van der Waals surface area contributed by atoms with Gasteiger partial charge in [0.25, 0.3) is 0 Å². The fourth-order valence-electron chi connectivity index (χ4n) is 2.19. The fraction of sp³-hybridized carbons (Fsp3) is 0.200. The quantitative estimate of drug-likeness (QED) is 0.790. The van der Waals surface area contributed by atoms with Crippen LogP contribution in [0.15, 0.2) is 47.5 Å². The molecule has 20 heavy (non-hydrogen) atoms. The second kappa shape index (κ2) is 5.21. The first kappa shape index (κ1) is 12.5. The van der Waals surface area contributed by atoms with E-state index in [0.29, 0.717) is 6.54 Å². The summed E-state index contributed by atoms with van der Waals surface area (Å²) in [5.74, 6) is 0.857. The number of hydrogen-bond donors (Lipinski definition) is 1. The second-order valence-corrected chi connectivity index (χ2v) is 4.64. The van der Waals surface area contributed by atoms with Gasteiger partial charge < -0.3 is 14.4 Å². The van der Waals surface area contributed by atoms with E-state index in [9.17, 15) is 0 Å². The van der Waals surface area contributed by atoms with Crippen LogP contribution in [0.1, 0.15) is 17.0 Å². The Morgan fingerprint density at radius 2 is 2.10 bits per heavy atom. The molecule has 2 heterocycles. The summed E-state index contributed by atoms with van der Waals surface area (Å²) in [6.07, 6.45) is 5.48. The Bertz CT molecular complexity index is 681. The van der Waals surface area contributed by atoms with Gasteiger partial charge in [-0.2, -0.15) is 0 Å². The lowest BCUT2D eigenvalue weighted by Gasteiger charge is -2.12. The smallest absolute Gasteiger partial charge is 0.138 e. The second-order valence-electron chi connectivity index (χ2n) is 4.64. The monoisotopic (exact) mass is 268 g/mol. The van der Waals surface area contributed by atoms with E-state index in [2.05, 4.69) is 21.5 Å². The summed E-state index contributed by atoms with van der Waals surface area (Å²) in [6, 6.07) is 8.12. The van der Waals surface area contributed by atoms with Crippen LogP contribution in [0, 0.1) is 13.8 Å². The van der Waals surface area contributed by atoms with Gasteiger partial charge in [-0.3, -0.25) is 0 Å². The first-order valence-electron chi connectivity index (χ1n) is 6.48. The minimum absolute atomic E-state index is 0.687. The molecular weight excluding hydrogens is 252 g/mol. The topological polar surface area (TPSA) is 55.9 Å². The summed E-state index contributed by atoms with van der Waals surface area (Å²) in [5, 5.41) is 7.41. The zero-order valence-corrected chi connectivity index (χ0v) is 11.5. The maximum atomic E-state index is 5.18. The predicted molar refractivity (Wildman–Crippen MR) is 76.9 cm³/mol. The lowest BCUT2D eigenvalue weighted by atomic mass is 10.2. The van der Waals surface area contributed by atoms with Crippen molar-refractivity contribution in [2.75, 3.05) is 5.32 Å². The van der Waals surface area contributed by atoms with E-state index in [0.717, 1.165) is 28.4 Å². The van der Waals surface area contributed by atoms with Crippen LogP contribution in [-0.4, -0.2) is 14.7 Å². The maximum Gasteiger partial charge on any atom is 0.138 e. The molecule has 0 aliphatic heterocycles. The number of aryl methyl sites for hydroxylation is 2. The van der Waals surface area contributed by atoms with E-state index >= 15 is 0 Å². The number of nitrogens with one attached hydrogen (secondary N) is 1. The van der Waals surface area contributed by atoms with Crippen LogP contribution in [0.4, 0.5) is 5.69 Å². The molecule has 5 heteroatoms. The van der Waals surface area contributed by atoms with E-state index in [4.69, 9.17) is 4.52 Å². The van der Waals surface area contributed by atoms with Gasteiger partial charge in [-0.1, -0.05) is 17.3 Å². The molecular formula is C15H16N4O. The van der Waals surface area contributed by atoms with E-state index in [1.165, 1.54) is 0 Å². The van der Waals surface area contributed by atoms with Gasteiger partial charge in [0.05, 0.1) is 23.4 Å². The summed E-state index contributed by atoms with van der Waals surface area (Å²) in [7, 11) is 0. The molecule has 5 nitrogen and oxygen atoms in total. The lowest BCUT2D eigenvalue weighted by molar-refractivity contribution is 0.392. The average Bonchev–Trinajstić information content (AvgIpc) is 3.09. The molecule has 0 fully saturated rings. The van der Waals surface area contributed by atoms with Crippen LogP contribution in [0.25, 0.3) is 5.69 Å². The molecule has 1 aromatic carbocycles. The fourth-order valence-corrected chi connectivity index (χ4v) is 2.19. The molecule has 3 aromatic rings. The van der Waals surface area contributed by atoms with Gasteiger partial charge in [0.2, 0.25) is 0 Å². The van der Waals surface area contributed by atoms with Crippen LogP contribution in [0.3, 0.4) is 0 Å². The largest absolute Gasteiger partial charge is 0.379 e. The van der Waals surface area contributed by atoms with E-state index in [1.807, 2.05) is 42.8 Å². The molecule has 0 aliphatic rings. The third-order valence-electron chi connectivity index (χ3n) is 3.32. The Hall–Kier alpha value is -2.56. The van der Waals surface area contributed by atoms with Crippen molar-refractivity contribution in [2.45, 2.75) is 20.4 Å². The average molecular weight is 268 g/mol. The summed E-state index contributed by atoms with van der Waals surface area (Å²) < 4.78 is 7.16. The number of aromatic nitrogens is 3. The summed E-state index contributed by atoms with van der Waals surface area (Å²) in [4.78, 5) is 4.09. The predicted octanol–water partition coefficient (Wildman–Crippen LogP) is 3.09. The lowest BCUT2D eigenvalue weighted by Crippen LogP contribution is -2.04. The Balaban J connectivity index is 1.85. The molecule has 0 amide bonds. The first-order chi connectivity index (χ1) is 9.75. The van der Waals surface area contributed by atoms with Gasteiger partial charge in [-0.05, 0) is 26.0 Å². The minimum Gasteiger partial charge on any atom is -0.379 e. The molecule has 0 saturated heterocycles. The highest BCUT2D eigenvalue weighted by Crippen LogP contribution is 2.21. The molecule has 102 valence electrons. The van der Waals surface area contributed by atoms with Gasteiger partial charge in [-0.25, -0.2) is 4.98 Å². The molecule has 0 radical (unpaired) electrons. The third-order valence-corrected chi connectivity index (χ3v) is 3.32. The van der Waals surface area contributed by atoms with E-state index < -0.39 is 0 Å². The van der Waals surface area contributed by atoms with Crippen molar-refractivity contribution in [3.05, 3.63) is 60.0 Å². The number of rotatable bonds is 4. The number of nitrogens with zero attached hydrogens (tertiary/aromatic N) is 3. The molecule has 3 rings (SSSR count). The van der Waals surface area contributed by atoms with Crippen molar-refractivity contribution in [3.8, 4) is 5.69 Å². The minimum atomic E-state index is 0.687. The van der Waals surface area contributed by atoms with Crippen LogP contribution >= 0.6 is 0 Å². The van der Waals surface area contributed by atoms with Crippen LogP contribution < -0.4 is 5.32 Å². The molecule has 0 atom stereocenters. The van der Waals surface area contributed by atoms with Crippen molar-refractivity contribution in [1.82, 2.24) is 14.7 Å². The molecule has 0 unspecified atom stereocenters. The summed E-state index contributed by atoms with van der Waals surface area (Å²) in [6.45, 7) is 4.57. The molecule has 0 bridgehead atoms. The van der Waals surface area contributed by atoms with Crippen molar-refractivity contribution in [3.63, 3.8) is 0 Å². The first-order valence-corrected chi connectivity index (χ1v) is 6.48. The van der Waals surface area contributed by atoms with Gasteiger partial charge >= 0.3 is 0 Å². The molecule has 2 aromatic heterocycles. The number of para-hydroxylation sites is 2. The summed E-state index contributed by atoms with van der Waals surface area (Å²) in [5.41, 5.74) is 4.14. The van der Waals surface area contributed by atoms with E-state index in [1.54, 1.807) is 12.5 Å². The number of benzene rings is 1. The van der Waals surface area contributed by atoms with E-state index in [-0.39, 0.29) is 0 Å². The maximum absolute atomic E-state index is 5.18. The van der Waals surface area contributed by atoms with Gasteiger partial charge in [0, 0.05) is 24.5 Å². The Morgan fingerprint density at radius 1 is 1.25 bits per heavy atom. The molecule has 0 spiro atoms.